The number of hydrogen-bond acceptors (Lipinski definition) is 3. The third kappa shape index (κ3) is 2.52. The number of ether oxygens (including phenoxy) is 2. The van der Waals surface area contributed by atoms with Gasteiger partial charge in [0.2, 0.25) is 0 Å². The van der Waals surface area contributed by atoms with E-state index in [1.54, 1.807) is 7.11 Å². The van der Waals surface area contributed by atoms with E-state index < -0.39 is 0 Å². The van der Waals surface area contributed by atoms with Crippen LogP contribution in [0.5, 0.6) is 5.75 Å². The van der Waals surface area contributed by atoms with Crippen molar-refractivity contribution in [2.75, 3.05) is 7.11 Å². The van der Waals surface area contributed by atoms with Gasteiger partial charge in [-0.05, 0) is 50.8 Å². The van der Waals surface area contributed by atoms with Crippen LogP contribution in [-0.4, -0.2) is 18.8 Å². The molecule has 0 heterocycles. The maximum Gasteiger partial charge on any atom is 0.120 e. The van der Waals surface area contributed by atoms with Crippen LogP contribution in [0.25, 0.3) is 0 Å². The Balaban J connectivity index is 2.17. The average Bonchev–Trinajstić information content (AvgIpc) is 2.27. The predicted molar refractivity (Wildman–Crippen MR) is 72.7 cm³/mol. The van der Waals surface area contributed by atoms with E-state index in [9.17, 15) is 0 Å². The summed E-state index contributed by atoms with van der Waals surface area (Å²) < 4.78 is 11.4. The zero-order valence-corrected chi connectivity index (χ0v) is 11.5. The molecule has 1 unspecified atom stereocenters. The van der Waals surface area contributed by atoms with Crippen LogP contribution in [-0.2, 0) is 4.74 Å². The van der Waals surface area contributed by atoms with Gasteiger partial charge in [0.1, 0.15) is 5.75 Å². The molecule has 0 saturated heterocycles. The Morgan fingerprint density at radius 1 is 1.28 bits per heavy atom. The van der Waals surface area contributed by atoms with E-state index in [0.717, 1.165) is 24.2 Å². The topological polar surface area (TPSA) is 44.5 Å². The van der Waals surface area contributed by atoms with Crippen molar-refractivity contribution in [3.63, 3.8) is 0 Å². The van der Waals surface area contributed by atoms with E-state index in [1.165, 1.54) is 6.42 Å². The van der Waals surface area contributed by atoms with Crippen LogP contribution in [0.2, 0.25) is 0 Å². The molecule has 1 fully saturated rings. The Labute approximate surface area is 109 Å². The van der Waals surface area contributed by atoms with Gasteiger partial charge in [-0.2, -0.15) is 0 Å². The fourth-order valence-corrected chi connectivity index (χ4v) is 2.52. The van der Waals surface area contributed by atoms with Gasteiger partial charge in [-0.3, -0.25) is 0 Å². The lowest BCUT2D eigenvalue weighted by Crippen LogP contribution is -2.48. The second kappa shape index (κ2) is 5.29. The summed E-state index contributed by atoms with van der Waals surface area (Å²) in [5, 5.41) is 0. The van der Waals surface area contributed by atoms with Crippen molar-refractivity contribution in [1.29, 1.82) is 0 Å². The molecule has 0 amide bonds. The lowest BCUT2D eigenvalue weighted by Gasteiger charge is -2.45. The molecule has 1 atom stereocenters. The lowest BCUT2D eigenvalue weighted by atomic mass is 9.72. The highest BCUT2D eigenvalue weighted by Gasteiger charge is 2.43. The van der Waals surface area contributed by atoms with Crippen LogP contribution in [0.4, 0.5) is 0 Å². The third-order valence-corrected chi connectivity index (χ3v) is 3.76. The van der Waals surface area contributed by atoms with Crippen LogP contribution >= 0.6 is 0 Å². The molecule has 1 saturated carbocycles. The largest absolute Gasteiger partial charge is 0.491 e. The van der Waals surface area contributed by atoms with Gasteiger partial charge in [0.25, 0.3) is 0 Å². The first-order valence-corrected chi connectivity index (χ1v) is 6.65. The predicted octanol–water partition coefficient (Wildman–Crippen LogP) is 3.04. The Morgan fingerprint density at radius 2 is 2.00 bits per heavy atom. The summed E-state index contributed by atoms with van der Waals surface area (Å²) >= 11 is 0. The standard InChI is InChI=1S/C15H23NO2/c1-11(2)18-13-7-4-6-12(10-13)14(16)15(17-3)8-5-9-15/h4,6-7,10-11,14H,5,8-9,16H2,1-3H3. The minimum atomic E-state index is -0.170. The van der Waals surface area contributed by atoms with Crippen molar-refractivity contribution < 1.29 is 9.47 Å². The fourth-order valence-electron chi connectivity index (χ4n) is 2.52. The summed E-state index contributed by atoms with van der Waals surface area (Å²) in [6.45, 7) is 4.05. The molecule has 2 N–H and O–H groups in total. The molecule has 3 heteroatoms. The van der Waals surface area contributed by atoms with Gasteiger partial charge in [0, 0.05) is 7.11 Å². The number of rotatable bonds is 5. The molecule has 0 radical (unpaired) electrons. The molecule has 2 rings (SSSR count). The van der Waals surface area contributed by atoms with E-state index in [1.807, 2.05) is 32.0 Å². The molecule has 18 heavy (non-hydrogen) atoms. The van der Waals surface area contributed by atoms with Crippen molar-refractivity contribution in [3.05, 3.63) is 29.8 Å². The van der Waals surface area contributed by atoms with Gasteiger partial charge in [-0.25, -0.2) is 0 Å². The number of methoxy groups -OCH3 is 1. The van der Waals surface area contributed by atoms with Crippen molar-refractivity contribution in [3.8, 4) is 5.75 Å². The minimum Gasteiger partial charge on any atom is -0.491 e. The molecule has 0 spiro atoms. The summed E-state index contributed by atoms with van der Waals surface area (Å²) in [7, 11) is 1.76. The van der Waals surface area contributed by atoms with E-state index in [2.05, 4.69) is 6.07 Å². The maximum atomic E-state index is 6.36. The lowest BCUT2D eigenvalue weighted by molar-refractivity contribution is -0.0911. The summed E-state index contributed by atoms with van der Waals surface area (Å²) in [6, 6.07) is 7.97. The van der Waals surface area contributed by atoms with E-state index in [0.29, 0.717) is 0 Å². The summed E-state index contributed by atoms with van der Waals surface area (Å²) in [5.41, 5.74) is 7.29. The minimum absolute atomic E-state index is 0.0769. The number of benzene rings is 1. The Bertz CT molecular complexity index is 394. The molecule has 100 valence electrons. The van der Waals surface area contributed by atoms with E-state index in [4.69, 9.17) is 15.2 Å². The molecule has 0 bridgehead atoms. The highest BCUT2D eigenvalue weighted by Crippen LogP contribution is 2.43. The van der Waals surface area contributed by atoms with Gasteiger partial charge < -0.3 is 15.2 Å². The molecule has 1 aliphatic carbocycles. The van der Waals surface area contributed by atoms with Crippen molar-refractivity contribution in [1.82, 2.24) is 0 Å². The summed E-state index contributed by atoms with van der Waals surface area (Å²) in [4.78, 5) is 0. The molecule has 3 nitrogen and oxygen atoms in total. The second-order valence-corrected chi connectivity index (χ2v) is 5.34. The van der Waals surface area contributed by atoms with Gasteiger partial charge in [0.05, 0.1) is 17.7 Å². The van der Waals surface area contributed by atoms with Gasteiger partial charge in [-0.1, -0.05) is 12.1 Å². The van der Waals surface area contributed by atoms with Gasteiger partial charge in [0.15, 0.2) is 0 Å². The third-order valence-electron chi connectivity index (χ3n) is 3.76. The van der Waals surface area contributed by atoms with Crippen LogP contribution in [0.3, 0.4) is 0 Å². The first-order chi connectivity index (χ1) is 8.57. The summed E-state index contributed by atoms with van der Waals surface area (Å²) in [5.74, 6) is 0.878. The van der Waals surface area contributed by atoms with Crippen LogP contribution in [0, 0.1) is 0 Å². The van der Waals surface area contributed by atoms with E-state index in [-0.39, 0.29) is 17.7 Å². The Kier molecular flexibility index (Phi) is 3.93. The molecule has 0 aliphatic heterocycles. The average molecular weight is 249 g/mol. The first-order valence-electron chi connectivity index (χ1n) is 6.65. The zero-order chi connectivity index (χ0) is 13.2. The normalized spacial score (nSPS) is 19.4. The van der Waals surface area contributed by atoms with E-state index >= 15 is 0 Å². The molecule has 0 aromatic heterocycles. The van der Waals surface area contributed by atoms with Gasteiger partial charge >= 0.3 is 0 Å². The molecule has 1 aliphatic rings. The SMILES string of the molecule is COC1(C(N)c2cccc(OC(C)C)c2)CCC1. The van der Waals surface area contributed by atoms with Gasteiger partial charge in [-0.15, -0.1) is 0 Å². The monoisotopic (exact) mass is 249 g/mol. The zero-order valence-electron chi connectivity index (χ0n) is 11.5. The smallest absolute Gasteiger partial charge is 0.120 e. The highest BCUT2D eigenvalue weighted by molar-refractivity contribution is 5.32. The van der Waals surface area contributed by atoms with Crippen LogP contribution in [0.1, 0.15) is 44.7 Å². The first kappa shape index (κ1) is 13.4. The molecular weight excluding hydrogens is 226 g/mol. The van der Waals surface area contributed by atoms with Crippen molar-refractivity contribution in [2.24, 2.45) is 5.73 Å². The summed E-state index contributed by atoms with van der Waals surface area (Å²) in [6.07, 6.45) is 3.46. The fraction of sp³-hybridized carbons (Fsp3) is 0.600. The molecule has 1 aromatic carbocycles. The van der Waals surface area contributed by atoms with Crippen molar-refractivity contribution in [2.45, 2.75) is 50.9 Å². The quantitative estimate of drug-likeness (QED) is 0.872. The van der Waals surface area contributed by atoms with Crippen LogP contribution in [0.15, 0.2) is 24.3 Å². The highest BCUT2D eigenvalue weighted by atomic mass is 16.5. The second-order valence-electron chi connectivity index (χ2n) is 5.34. The van der Waals surface area contributed by atoms with Crippen molar-refractivity contribution >= 4 is 0 Å². The maximum absolute atomic E-state index is 6.36. The Hall–Kier alpha value is -1.06. The molecular formula is C15H23NO2. The number of nitrogens with two attached hydrogens (primary N) is 1. The van der Waals surface area contributed by atoms with Crippen LogP contribution < -0.4 is 10.5 Å². The molecule has 1 aromatic rings. The number of hydrogen-bond donors (Lipinski definition) is 1. The Morgan fingerprint density at radius 3 is 2.50 bits per heavy atom.